The zero-order valence-electron chi connectivity index (χ0n) is 17.8. The minimum atomic E-state index is -1.98. The van der Waals surface area contributed by atoms with E-state index in [9.17, 15) is 13.8 Å². The molecule has 0 spiro atoms. The van der Waals surface area contributed by atoms with Gasteiger partial charge in [0.2, 0.25) is 0 Å². The molecule has 3 rings (SSSR count). The van der Waals surface area contributed by atoms with Crippen molar-refractivity contribution in [2.75, 3.05) is 5.75 Å². The number of fused-ring (bicyclic) bond motifs is 1. The van der Waals surface area contributed by atoms with Crippen molar-refractivity contribution in [3.63, 3.8) is 0 Å². The molecular formula is C22H32O5SSi. The first-order valence-corrected chi connectivity index (χ1v) is 14.5. The van der Waals surface area contributed by atoms with Gasteiger partial charge in [0.25, 0.3) is 0 Å². The number of rotatable bonds is 8. The minimum absolute atomic E-state index is 0.0553. The lowest BCUT2D eigenvalue weighted by atomic mass is 9.73. The molecule has 2 fully saturated rings. The number of esters is 1. The van der Waals surface area contributed by atoms with E-state index in [1.165, 1.54) is 0 Å². The second-order valence-corrected chi connectivity index (χ2v) is 14.7. The maximum Gasteiger partial charge on any atom is 0.310 e. The van der Waals surface area contributed by atoms with Crippen LogP contribution in [0.3, 0.4) is 0 Å². The normalized spacial score (nSPS) is 30.7. The summed E-state index contributed by atoms with van der Waals surface area (Å²) in [5.74, 6) is -0.779. The van der Waals surface area contributed by atoms with Crippen molar-refractivity contribution >= 4 is 30.9 Å². The summed E-state index contributed by atoms with van der Waals surface area (Å²) in [6, 6.07) is 12.0. The van der Waals surface area contributed by atoms with Crippen molar-refractivity contribution in [3.05, 3.63) is 30.3 Å². The van der Waals surface area contributed by atoms with Crippen molar-refractivity contribution in [1.29, 1.82) is 0 Å². The molecule has 1 aliphatic carbocycles. The van der Waals surface area contributed by atoms with Crippen LogP contribution in [0.1, 0.15) is 40.5 Å². The molecule has 1 aliphatic heterocycles. The molecule has 5 atom stereocenters. The Bertz CT molecular complexity index is 770. The van der Waals surface area contributed by atoms with Gasteiger partial charge in [-0.1, -0.05) is 39.0 Å². The summed E-state index contributed by atoms with van der Waals surface area (Å²) in [6.07, 6.45) is 0.330. The van der Waals surface area contributed by atoms with E-state index in [1.54, 1.807) is 12.1 Å². The zero-order valence-corrected chi connectivity index (χ0v) is 19.6. The molecule has 0 radical (unpaired) electrons. The van der Waals surface area contributed by atoms with Gasteiger partial charge in [0.1, 0.15) is 11.7 Å². The number of ketones is 1. The summed E-state index contributed by atoms with van der Waals surface area (Å²) in [7, 11) is -3.27. The first-order chi connectivity index (χ1) is 13.8. The number of hydrogen-bond acceptors (Lipinski definition) is 5. The fraction of sp³-hybridized carbons (Fsp3) is 0.636. The average molecular weight is 437 g/mol. The minimum Gasteiger partial charge on any atom is -0.462 e. The van der Waals surface area contributed by atoms with Crippen molar-refractivity contribution in [2.24, 2.45) is 11.8 Å². The van der Waals surface area contributed by atoms with Crippen molar-refractivity contribution < 1.29 is 23.0 Å². The van der Waals surface area contributed by atoms with E-state index in [0.29, 0.717) is 11.3 Å². The van der Waals surface area contributed by atoms with Crippen LogP contribution in [0, 0.1) is 11.8 Å². The summed E-state index contributed by atoms with van der Waals surface area (Å²) >= 11 is 0. The number of Topliss-reactive ketones (excluding diaryl/α,β-unsaturated/α-hetero) is 1. The molecule has 0 amide bonds. The van der Waals surface area contributed by atoms with Crippen LogP contribution in [0.4, 0.5) is 0 Å². The van der Waals surface area contributed by atoms with Crippen LogP contribution in [0.25, 0.3) is 0 Å². The number of benzene rings is 1. The van der Waals surface area contributed by atoms with Gasteiger partial charge in [-0.2, -0.15) is 0 Å². The largest absolute Gasteiger partial charge is 0.462 e. The molecule has 0 aromatic heterocycles. The van der Waals surface area contributed by atoms with Gasteiger partial charge in [-0.3, -0.25) is 13.8 Å². The van der Waals surface area contributed by atoms with E-state index in [1.807, 2.05) is 25.1 Å². The highest BCUT2D eigenvalue weighted by Gasteiger charge is 2.56. The Morgan fingerprint density at radius 3 is 2.34 bits per heavy atom. The molecule has 0 bridgehead atoms. The Morgan fingerprint density at radius 1 is 1.14 bits per heavy atom. The van der Waals surface area contributed by atoms with Gasteiger partial charge < -0.3 is 9.16 Å². The Kier molecular flexibility index (Phi) is 6.80. The molecule has 1 heterocycles. The van der Waals surface area contributed by atoms with Crippen LogP contribution < -0.4 is 0 Å². The summed E-state index contributed by atoms with van der Waals surface area (Å²) in [5, 5.41) is 0. The molecule has 5 nitrogen and oxygen atoms in total. The number of carbonyl (C=O) groups excluding carboxylic acids is 2. The summed E-state index contributed by atoms with van der Waals surface area (Å²) in [5.41, 5.74) is -0.886. The zero-order chi connectivity index (χ0) is 21.2. The predicted molar refractivity (Wildman–Crippen MR) is 116 cm³/mol. The Morgan fingerprint density at radius 2 is 1.76 bits per heavy atom. The Hall–Kier alpha value is -1.31. The van der Waals surface area contributed by atoms with Crippen LogP contribution >= 0.6 is 0 Å². The lowest BCUT2D eigenvalue weighted by molar-refractivity contribution is -0.151. The van der Waals surface area contributed by atoms with Gasteiger partial charge in [0.05, 0.1) is 16.7 Å². The molecule has 1 aromatic rings. The Labute approximate surface area is 177 Å². The summed E-state index contributed by atoms with van der Waals surface area (Å²) in [6.45, 7) is 8.30. The Balaban J connectivity index is 1.75. The maximum atomic E-state index is 13.1. The first-order valence-electron chi connectivity index (χ1n) is 10.6. The van der Waals surface area contributed by atoms with Crippen LogP contribution in [0.5, 0.6) is 0 Å². The number of ether oxygens (including phenoxy) is 1. The number of carbonyl (C=O) groups is 2. The topological polar surface area (TPSA) is 69.7 Å². The lowest BCUT2D eigenvalue weighted by Gasteiger charge is -2.44. The molecule has 29 heavy (non-hydrogen) atoms. The van der Waals surface area contributed by atoms with Gasteiger partial charge in [-0.05, 0) is 37.2 Å². The van der Waals surface area contributed by atoms with Crippen LogP contribution in [0.15, 0.2) is 35.2 Å². The van der Waals surface area contributed by atoms with Gasteiger partial charge in [-0.25, -0.2) is 0 Å². The van der Waals surface area contributed by atoms with E-state index in [-0.39, 0.29) is 35.9 Å². The average Bonchev–Trinajstić information content (AvgIpc) is 3.01. The SMILES string of the molecule is CC[Si](CC)(CC)O[C@@]1(C)C[C@H]2OC(=O)C(CS(=O)c3ccccc3)[C@H]2CC1=O. The van der Waals surface area contributed by atoms with Crippen molar-refractivity contribution in [1.82, 2.24) is 0 Å². The standard InChI is InChI=1S/C22H32O5SSi/c1-5-29(6-2,7-3)27-22(4)14-19-17(13-20(22)23)18(21(24)26-19)15-28(25)16-11-9-8-10-12-16/h8-12,17-19H,5-7,13-15H2,1-4H3/t17-,18?,19-,22+,28?/m1/s1. The van der Waals surface area contributed by atoms with Gasteiger partial charge >= 0.3 is 5.97 Å². The molecule has 160 valence electrons. The van der Waals surface area contributed by atoms with E-state index < -0.39 is 30.6 Å². The first kappa shape index (κ1) is 22.4. The van der Waals surface area contributed by atoms with Crippen LogP contribution in [-0.4, -0.2) is 41.7 Å². The maximum absolute atomic E-state index is 13.1. The summed E-state index contributed by atoms with van der Waals surface area (Å²) in [4.78, 5) is 26.4. The molecule has 0 N–H and O–H groups in total. The van der Waals surface area contributed by atoms with Crippen LogP contribution in [0.2, 0.25) is 18.1 Å². The highest BCUT2D eigenvalue weighted by Crippen LogP contribution is 2.44. The van der Waals surface area contributed by atoms with Crippen molar-refractivity contribution in [3.8, 4) is 0 Å². The third-order valence-electron chi connectivity index (χ3n) is 6.88. The van der Waals surface area contributed by atoms with E-state index >= 15 is 0 Å². The van der Waals surface area contributed by atoms with Gasteiger partial charge in [0.15, 0.2) is 14.1 Å². The lowest BCUT2D eigenvalue weighted by Crippen LogP contribution is -2.55. The molecule has 1 saturated heterocycles. The molecule has 7 heteroatoms. The molecule has 1 saturated carbocycles. The second kappa shape index (κ2) is 8.82. The molecule has 1 aromatic carbocycles. The van der Waals surface area contributed by atoms with Gasteiger partial charge in [-0.15, -0.1) is 0 Å². The number of hydrogen-bond donors (Lipinski definition) is 0. The third-order valence-corrected chi connectivity index (χ3v) is 13.1. The van der Waals surface area contributed by atoms with E-state index in [4.69, 9.17) is 9.16 Å². The van der Waals surface area contributed by atoms with Gasteiger partial charge in [0, 0.05) is 29.4 Å². The summed E-state index contributed by atoms with van der Waals surface area (Å²) < 4.78 is 25.0. The quantitative estimate of drug-likeness (QED) is 0.453. The predicted octanol–water partition coefficient (Wildman–Crippen LogP) is 4.10. The molecule has 2 aliphatic rings. The second-order valence-electron chi connectivity index (χ2n) is 8.48. The highest BCUT2D eigenvalue weighted by molar-refractivity contribution is 7.85. The fourth-order valence-corrected chi connectivity index (χ4v) is 9.17. The van der Waals surface area contributed by atoms with E-state index in [2.05, 4.69) is 20.8 Å². The monoisotopic (exact) mass is 436 g/mol. The molecular weight excluding hydrogens is 404 g/mol. The van der Waals surface area contributed by atoms with E-state index in [0.717, 1.165) is 18.1 Å². The third kappa shape index (κ3) is 4.42. The van der Waals surface area contributed by atoms with Crippen molar-refractivity contribution in [2.45, 2.75) is 75.3 Å². The fourth-order valence-electron chi connectivity index (χ4n) is 4.72. The van der Waals surface area contributed by atoms with Crippen LogP contribution in [-0.2, 0) is 29.6 Å². The molecule has 2 unspecified atom stereocenters. The highest BCUT2D eigenvalue weighted by atomic mass is 32.2. The smallest absolute Gasteiger partial charge is 0.310 e.